The van der Waals surface area contributed by atoms with Crippen molar-refractivity contribution in [3.8, 4) is 22.3 Å². The van der Waals surface area contributed by atoms with Gasteiger partial charge in [-0.05, 0) is 51.4 Å². The third-order valence-electron chi connectivity index (χ3n) is 10.5. The first-order chi connectivity index (χ1) is 24.8. The molecule has 12 aromatic rings. The van der Waals surface area contributed by atoms with Crippen molar-refractivity contribution in [2.75, 3.05) is 0 Å². The van der Waals surface area contributed by atoms with E-state index in [1.807, 2.05) is 48.7 Å². The van der Waals surface area contributed by atoms with Crippen LogP contribution in [0.25, 0.3) is 121 Å². The van der Waals surface area contributed by atoms with E-state index >= 15 is 0 Å². The molecule has 0 amide bonds. The van der Waals surface area contributed by atoms with Crippen molar-refractivity contribution in [2.24, 2.45) is 0 Å². The number of furan rings is 4. The van der Waals surface area contributed by atoms with E-state index in [4.69, 9.17) is 17.7 Å². The third kappa shape index (κ3) is 3.34. The van der Waals surface area contributed by atoms with Gasteiger partial charge in [0.15, 0.2) is 0 Å². The zero-order valence-electron chi connectivity index (χ0n) is 26.5. The molecule has 50 heavy (non-hydrogen) atoms. The van der Waals surface area contributed by atoms with Crippen LogP contribution in [0.5, 0.6) is 0 Å². The summed E-state index contributed by atoms with van der Waals surface area (Å²) in [4.78, 5) is 0. The zero-order valence-corrected chi connectivity index (χ0v) is 26.5. The molecular weight excluding hydrogens is 617 g/mol. The molecule has 0 saturated heterocycles. The first-order valence-corrected chi connectivity index (χ1v) is 16.8. The van der Waals surface area contributed by atoms with Crippen LogP contribution in [0, 0.1) is 0 Å². The van der Waals surface area contributed by atoms with Crippen LogP contribution in [0.4, 0.5) is 0 Å². The average Bonchev–Trinajstić information content (AvgIpc) is 3.93. The topological polar surface area (TPSA) is 52.6 Å². The number of para-hydroxylation sites is 3. The quantitative estimate of drug-likeness (QED) is 0.176. The fourth-order valence-corrected chi connectivity index (χ4v) is 8.47. The summed E-state index contributed by atoms with van der Waals surface area (Å²) in [6.45, 7) is 0. The maximum Gasteiger partial charge on any atom is 0.139 e. The molecular formula is C46H24O4. The highest BCUT2D eigenvalue weighted by Crippen LogP contribution is 2.52. The summed E-state index contributed by atoms with van der Waals surface area (Å²) < 4.78 is 25.7. The van der Waals surface area contributed by atoms with Crippen molar-refractivity contribution in [3.63, 3.8) is 0 Å². The Bertz CT molecular complexity index is 3240. The Labute approximate surface area is 283 Å². The summed E-state index contributed by atoms with van der Waals surface area (Å²) in [5.74, 6) is 0. The summed E-state index contributed by atoms with van der Waals surface area (Å²) in [5.41, 5.74) is 10.3. The Kier molecular flexibility index (Phi) is 4.94. The Morgan fingerprint density at radius 1 is 0.280 bits per heavy atom. The second-order valence-electron chi connectivity index (χ2n) is 13.1. The van der Waals surface area contributed by atoms with Crippen molar-refractivity contribution in [1.29, 1.82) is 0 Å². The summed E-state index contributed by atoms with van der Waals surface area (Å²) in [6, 6.07) is 48.7. The van der Waals surface area contributed by atoms with Gasteiger partial charge in [-0.1, -0.05) is 103 Å². The Balaban J connectivity index is 1.28. The zero-order chi connectivity index (χ0) is 32.5. The molecule has 4 aromatic heterocycles. The standard InChI is InChI=1S/C46H24O4/c1-3-14-28-26(12-1)42(34-24-47-38-22-39-32(21-33(34)38)25-11-5-8-18-35(25)48-39)27-13-2-4-15-29(27)43(28)46-44-30-16-6-9-19-36(30)49-40(44)23-41-45(46)31-17-7-10-20-37(31)50-41/h1-24H. The van der Waals surface area contributed by atoms with Crippen LogP contribution < -0.4 is 0 Å². The van der Waals surface area contributed by atoms with Crippen LogP contribution in [-0.4, -0.2) is 0 Å². The highest BCUT2D eigenvalue weighted by Gasteiger charge is 2.26. The molecule has 0 fully saturated rings. The van der Waals surface area contributed by atoms with Gasteiger partial charge in [0.1, 0.15) is 39.1 Å². The smallest absolute Gasteiger partial charge is 0.139 e. The van der Waals surface area contributed by atoms with Gasteiger partial charge in [0.05, 0.1) is 6.26 Å². The van der Waals surface area contributed by atoms with Gasteiger partial charge >= 0.3 is 0 Å². The minimum absolute atomic E-state index is 0.796. The van der Waals surface area contributed by atoms with Gasteiger partial charge in [-0.2, -0.15) is 0 Å². The predicted molar refractivity (Wildman–Crippen MR) is 204 cm³/mol. The molecule has 8 aromatic carbocycles. The van der Waals surface area contributed by atoms with Crippen molar-refractivity contribution in [2.45, 2.75) is 0 Å². The number of benzene rings is 8. The number of fused-ring (bicyclic) bond motifs is 12. The van der Waals surface area contributed by atoms with Gasteiger partial charge in [0, 0.05) is 66.5 Å². The first kappa shape index (κ1) is 26.2. The van der Waals surface area contributed by atoms with E-state index in [-0.39, 0.29) is 0 Å². The summed E-state index contributed by atoms with van der Waals surface area (Å²) >= 11 is 0. The largest absolute Gasteiger partial charge is 0.464 e. The summed E-state index contributed by atoms with van der Waals surface area (Å²) in [7, 11) is 0. The van der Waals surface area contributed by atoms with Crippen molar-refractivity contribution in [3.05, 3.63) is 146 Å². The molecule has 4 heterocycles. The average molecular weight is 641 g/mol. The Morgan fingerprint density at radius 2 is 0.720 bits per heavy atom. The van der Waals surface area contributed by atoms with E-state index in [1.165, 1.54) is 0 Å². The molecule has 12 rings (SSSR count). The molecule has 0 atom stereocenters. The van der Waals surface area contributed by atoms with Gasteiger partial charge < -0.3 is 17.7 Å². The lowest BCUT2D eigenvalue weighted by atomic mass is 9.83. The molecule has 4 nitrogen and oxygen atoms in total. The normalized spacial score (nSPS) is 12.4. The molecule has 0 saturated carbocycles. The molecule has 4 heteroatoms. The third-order valence-corrected chi connectivity index (χ3v) is 10.5. The first-order valence-electron chi connectivity index (χ1n) is 16.8. The van der Waals surface area contributed by atoms with E-state index in [9.17, 15) is 0 Å². The van der Waals surface area contributed by atoms with Crippen molar-refractivity contribution >= 4 is 98.3 Å². The number of hydrogen-bond acceptors (Lipinski definition) is 4. The SMILES string of the molecule is c1ccc2c(c1)oc1cc3occ(-c4c5ccccc5c(-c5c6c(cc7oc8ccccc8c57)oc5ccccc56)c5ccccc45)c3cc12. The van der Waals surface area contributed by atoms with E-state index in [2.05, 4.69) is 97.1 Å². The molecule has 0 aliphatic carbocycles. The predicted octanol–water partition coefficient (Wildman–Crippen LogP) is 13.8. The van der Waals surface area contributed by atoms with Crippen LogP contribution in [0.2, 0.25) is 0 Å². The highest BCUT2D eigenvalue weighted by atomic mass is 16.3. The lowest BCUT2D eigenvalue weighted by molar-refractivity contribution is 0.614. The van der Waals surface area contributed by atoms with Gasteiger partial charge in [-0.25, -0.2) is 0 Å². The van der Waals surface area contributed by atoms with E-state index in [0.717, 1.165) is 121 Å². The molecule has 0 radical (unpaired) electrons. The summed E-state index contributed by atoms with van der Waals surface area (Å²) in [5, 5.41) is 12.2. The van der Waals surface area contributed by atoms with Gasteiger partial charge in [0.25, 0.3) is 0 Å². The van der Waals surface area contributed by atoms with Crippen LogP contribution in [0.15, 0.2) is 163 Å². The highest BCUT2D eigenvalue weighted by molar-refractivity contribution is 6.33. The lowest BCUT2D eigenvalue weighted by Gasteiger charge is -2.18. The lowest BCUT2D eigenvalue weighted by Crippen LogP contribution is -1.92. The van der Waals surface area contributed by atoms with E-state index in [1.54, 1.807) is 0 Å². The van der Waals surface area contributed by atoms with Crippen LogP contribution in [0.3, 0.4) is 0 Å². The van der Waals surface area contributed by atoms with Gasteiger partial charge in [0.2, 0.25) is 0 Å². The Morgan fingerprint density at radius 3 is 1.30 bits per heavy atom. The molecule has 0 bridgehead atoms. The minimum atomic E-state index is 0.796. The van der Waals surface area contributed by atoms with E-state index in [0.29, 0.717) is 0 Å². The molecule has 232 valence electrons. The van der Waals surface area contributed by atoms with Gasteiger partial charge in [-0.15, -0.1) is 0 Å². The second kappa shape index (κ2) is 9.43. The Hall–Kier alpha value is -6.78. The van der Waals surface area contributed by atoms with Crippen LogP contribution >= 0.6 is 0 Å². The summed E-state index contributed by atoms with van der Waals surface area (Å²) in [6.07, 6.45) is 1.91. The molecule has 0 spiro atoms. The molecule has 0 unspecified atom stereocenters. The monoisotopic (exact) mass is 640 g/mol. The number of rotatable bonds is 2. The molecule has 0 aliphatic rings. The number of hydrogen-bond donors (Lipinski definition) is 0. The van der Waals surface area contributed by atoms with Crippen molar-refractivity contribution in [1.82, 2.24) is 0 Å². The fourth-order valence-electron chi connectivity index (χ4n) is 8.47. The maximum absolute atomic E-state index is 6.55. The fraction of sp³-hybridized carbons (Fsp3) is 0. The minimum Gasteiger partial charge on any atom is -0.464 e. The van der Waals surface area contributed by atoms with Crippen LogP contribution in [-0.2, 0) is 0 Å². The van der Waals surface area contributed by atoms with Crippen LogP contribution in [0.1, 0.15) is 0 Å². The van der Waals surface area contributed by atoms with Crippen molar-refractivity contribution < 1.29 is 17.7 Å². The van der Waals surface area contributed by atoms with E-state index < -0.39 is 0 Å². The molecule has 0 aliphatic heterocycles. The molecule has 0 N–H and O–H groups in total. The maximum atomic E-state index is 6.55. The second-order valence-corrected chi connectivity index (χ2v) is 13.1. The van der Waals surface area contributed by atoms with Gasteiger partial charge in [-0.3, -0.25) is 0 Å².